The zero-order chi connectivity index (χ0) is 11.2. The fourth-order valence-corrected chi connectivity index (χ4v) is 2.61. The van der Waals surface area contributed by atoms with Gasteiger partial charge in [0.2, 0.25) is 0 Å². The first kappa shape index (κ1) is 12.3. The SMILES string of the molecule is CCNC1CCCN(CC2COCCO2)C1. The fourth-order valence-electron chi connectivity index (χ4n) is 2.61. The van der Waals surface area contributed by atoms with Crippen LogP contribution in [0.5, 0.6) is 0 Å². The first-order valence-electron chi connectivity index (χ1n) is 6.53. The molecule has 0 aliphatic carbocycles. The number of ether oxygens (including phenoxy) is 2. The first-order chi connectivity index (χ1) is 7.88. The molecule has 0 spiro atoms. The predicted octanol–water partition coefficient (Wildman–Crippen LogP) is 0.476. The molecule has 2 atom stereocenters. The summed E-state index contributed by atoms with van der Waals surface area (Å²) in [4.78, 5) is 2.51. The van der Waals surface area contributed by atoms with Gasteiger partial charge in [-0.2, -0.15) is 0 Å². The summed E-state index contributed by atoms with van der Waals surface area (Å²) in [7, 11) is 0. The van der Waals surface area contributed by atoms with Gasteiger partial charge in [0.25, 0.3) is 0 Å². The largest absolute Gasteiger partial charge is 0.376 e. The van der Waals surface area contributed by atoms with Gasteiger partial charge in [-0.1, -0.05) is 6.92 Å². The van der Waals surface area contributed by atoms with E-state index in [1.807, 2.05) is 0 Å². The van der Waals surface area contributed by atoms with Crippen molar-refractivity contribution in [3.63, 3.8) is 0 Å². The minimum atomic E-state index is 0.286. The van der Waals surface area contributed by atoms with Gasteiger partial charge in [-0.25, -0.2) is 0 Å². The van der Waals surface area contributed by atoms with Crippen LogP contribution in [-0.4, -0.2) is 63.0 Å². The molecule has 0 amide bonds. The molecule has 2 unspecified atom stereocenters. The van der Waals surface area contributed by atoms with E-state index < -0.39 is 0 Å². The number of hydrogen-bond donors (Lipinski definition) is 1. The van der Waals surface area contributed by atoms with Gasteiger partial charge in [-0.15, -0.1) is 0 Å². The van der Waals surface area contributed by atoms with Gasteiger partial charge < -0.3 is 14.8 Å². The van der Waals surface area contributed by atoms with Crippen molar-refractivity contribution in [1.29, 1.82) is 0 Å². The topological polar surface area (TPSA) is 33.7 Å². The lowest BCUT2D eigenvalue weighted by molar-refractivity contribution is -0.0992. The molecule has 2 saturated heterocycles. The third-order valence-corrected chi connectivity index (χ3v) is 3.35. The van der Waals surface area contributed by atoms with Crippen molar-refractivity contribution in [3.8, 4) is 0 Å². The average molecular weight is 228 g/mol. The van der Waals surface area contributed by atoms with Crippen molar-refractivity contribution in [2.24, 2.45) is 0 Å². The lowest BCUT2D eigenvalue weighted by Crippen LogP contribution is -2.49. The number of nitrogens with one attached hydrogen (secondary N) is 1. The van der Waals surface area contributed by atoms with Crippen LogP contribution in [-0.2, 0) is 9.47 Å². The monoisotopic (exact) mass is 228 g/mol. The third kappa shape index (κ3) is 3.70. The zero-order valence-electron chi connectivity index (χ0n) is 10.3. The van der Waals surface area contributed by atoms with Crippen molar-refractivity contribution in [2.45, 2.75) is 31.9 Å². The molecule has 2 aliphatic heterocycles. The van der Waals surface area contributed by atoms with Crippen molar-refractivity contribution in [1.82, 2.24) is 10.2 Å². The average Bonchev–Trinajstić information content (AvgIpc) is 2.31. The molecule has 4 nitrogen and oxygen atoms in total. The van der Waals surface area contributed by atoms with Gasteiger partial charge in [0.15, 0.2) is 0 Å². The number of nitrogens with zero attached hydrogens (tertiary/aromatic N) is 1. The summed E-state index contributed by atoms with van der Waals surface area (Å²) in [5, 5.41) is 3.54. The lowest BCUT2D eigenvalue weighted by atomic mass is 10.1. The number of hydrogen-bond acceptors (Lipinski definition) is 4. The summed E-state index contributed by atoms with van der Waals surface area (Å²) in [6.45, 7) is 8.93. The maximum absolute atomic E-state index is 5.69. The highest BCUT2D eigenvalue weighted by Gasteiger charge is 2.23. The van der Waals surface area contributed by atoms with Crippen LogP contribution in [0.1, 0.15) is 19.8 Å². The van der Waals surface area contributed by atoms with Crippen LogP contribution in [0, 0.1) is 0 Å². The van der Waals surface area contributed by atoms with Crippen molar-refractivity contribution in [3.05, 3.63) is 0 Å². The Hall–Kier alpha value is -0.160. The molecule has 0 saturated carbocycles. The second-order valence-electron chi connectivity index (χ2n) is 4.72. The summed E-state index contributed by atoms with van der Waals surface area (Å²) >= 11 is 0. The van der Waals surface area contributed by atoms with E-state index >= 15 is 0 Å². The lowest BCUT2D eigenvalue weighted by Gasteiger charge is -2.36. The first-order valence-corrected chi connectivity index (χ1v) is 6.53. The van der Waals surface area contributed by atoms with Crippen LogP contribution in [0.2, 0.25) is 0 Å². The molecule has 0 aromatic heterocycles. The van der Waals surface area contributed by atoms with E-state index in [4.69, 9.17) is 9.47 Å². The number of piperidine rings is 1. The molecule has 0 radical (unpaired) electrons. The van der Waals surface area contributed by atoms with E-state index in [-0.39, 0.29) is 6.10 Å². The Morgan fingerprint density at radius 2 is 2.31 bits per heavy atom. The van der Waals surface area contributed by atoms with Gasteiger partial charge in [0.1, 0.15) is 0 Å². The van der Waals surface area contributed by atoms with Crippen LogP contribution >= 0.6 is 0 Å². The van der Waals surface area contributed by atoms with Gasteiger partial charge in [-0.05, 0) is 25.9 Å². The summed E-state index contributed by atoms with van der Waals surface area (Å²) in [5.74, 6) is 0. The summed E-state index contributed by atoms with van der Waals surface area (Å²) < 4.78 is 11.1. The summed E-state index contributed by atoms with van der Waals surface area (Å²) in [6, 6.07) is 0.670. The molecule has 2 heterocycles. The molecular weight excluding hydrogens is 204 g/mol. The van der Waals surface area contributed by atoms with E-state index in [1.54, 1.807) is 0 Å². The van der Waals surface area contributed by atoms with Gasteiger partial charge >= 0.3 is 0 Å². The standard InChI is InChI=1S/C12H24N2O2/c1-2-13-11-4-3-5-14(8-11)9-12-10-15-6-7-16-12/h11-13H,2-10H2,1H3. The Balaban J connectivity index is 1.71. The minimum absolute atomic E-state index is 0.286. The quantitative estimate of drug-likeness (QED) is 0.758. The zero-order valence-corrected chi connectivity index (χ0v) is 10.3. The summed E-state index contributed by atoms with van der Waals surface area (Å²) in [6.07, 6.45) is 2.89. The summed E-state index contributed by atoms with van der Waals surface area (Å²) in [5.41, 5.74) is 0. The molecule has 4 heteroatoms. The molecule has 2 fully saturated rings. The van der Waals surface area contributed by atoms with E-state index in [0.29, 0.717) is 6.04 Å². The second kappa shape index (κ2) is 6.55. The molecule has 16 heavy (non-hydrogen) atoms. The van der Waals surface area contributed by atoms with Crippen LogP contribution in [0.4, 0.5) is 0 Å². The van der Waals surface area contributed by atoms with E-state index in [2.05, 4.69) is 17.1 Å². The maximum Gasteiger partial charge on any atom is 0.0936 e. The highest BCUT2D eigenvalue weighted by atomic mass is 16.6. The highest BCUT2D eigenvalue weighted by Crippen LogP contribution is 2.12. The smallest absolute Gasteiger partial charge is 0.0936 e. The van der Waals surface area contributed by atoms with Crippen molar-refractivity contribution >= 4 is 0 Å². The van der Waals surface area contributed by atoms with Crippen LogP contribution in [0.25, 0.3) is 0 Å². The maximum atomic E-state index is 5.69. The molecular formula is C12H24N2O2. The van der Waals surface area contributed by atoms with Gasteiger partial charge in [-0.3, -0.25) is 4.90 Å². The molecule has 2 aliphatic rings. The number of likely N-dealkylation sites (N-methyl/N-ethyl adjacent to an activating group) is 1. The van der Waals surface area contributed by atoms with Crippen molar-refractivity contribution in [2.75, 3.05) is 46.0 Å². The molecule has 0 aromatic rings. The fraction of sp³-hybridized carbons (Fsp3) is 1.00. The molecule has 0 aromatic carbocycles. The normalized spacial score (nSPS) is 32.8. The number of rotatable bonds is 4. The highest BCUT2D eigenvalue weighted by molar-refractivity contribution is 4.79. The molecule has 1 N–H and O–H groups in total. The van der Waals surface area contributed by atoms with Crippen LogP contribution in [0.3, 0.4) is 0 Å². The molecule has 94 valence electrons. The second-order valence-corrected chi connectivity index (χ2v) is 4.72. The Labute approximate surface area is 98.3 Å². The Bertz CT molecular complexity index is 193. The Morgan fingerprint density at radius 1 is 1.38 bits per heavy atom. The molecule has 2 rings (SSSR count). The van der Waals surface area contributed by atoms with E-state index in [9.17, 15) is 0 Å². The molecule has 0 bridgehead atoms. The van der Waals surface area contributed by atoms with E-state index in [0.717, 1.165) is 39.5 Å². The minimum Gasteiger partial charge on any atom is -0.376 e. The van der Waals surface area contributed by atoms with Crippen LogP contribution in [0.15, 0.2) is 0 Å². The number of likely N-dealkylation sites (tertiary alicyclic amines) is 1. The Kier molecular flexibility index (Phi) is 5.03. The van der Waals surface area contributed by atoms with Crippen molar-refractivity contribution < 1.29 is 9.47 Å². The van der Waals surface area contributed by atoms with Gasteiger partial charge in [0.05, 0.1) is 25.9 Å². The Morgan fingerprint density at radius 3 is 3.06 bits per heavy atom. The third-order valence-electron chi connectivity index (χ3n) is 3.35. The van der Waals surface area contributed by atoms with E-state index in [1.165, 1.54) is 19.4 Å². The van der Waals surface area contributed by atoms with Gasteiger partial charge in [0, 0.05) is 19.1 Å². The predicted molar refractivity (Wildman–Crippen MR) is 63.7 cm³/mol. The van der Waals surface area contributed by atoms with Crippen LogP contribution < -0.4 is 5.32 Å².